The van der Waals surface area contributed by atoms with Gasteiger partial charge in [-0.15, -0.1) is 0 Å². The zero-order valence-corrected chi connectivity index (χ0v) is 61.7. The maximum atomic E-state index is 13.9. The summed E-state index contributed by atoms with van der Waals surface area (Å²) in [5.41, 5.74) is 1.03. The summed E-state index contributed by atoms with van der Waals surface area (Å²) in [5, 5.41) is 85.9. The summed E-state index contributed by atoms with van der Waals surface area (Å²) in [6, 6.07) is 5.60. The van der Waals surface area contributed by atoms with Crippen LogP contribution in [0.2, 0.25) is 0 Å². The molecule has 0 bridgehead atoms. The van der Waals surface area contributed by atoms with Crippen LogP contribution in [0.4, 0.5) is 4.79 Å². The Hall–Kier alpha value is -10.5. The van der Waals surface area contributed by atoms with E-state index in [9.17, 15) is 97.5 Å². The maximum absolute atomic E-state index is 13.9. The number of carbonyl (C=O) groups is 15. The Kier molecular flexibility index (Phi) is 38.1. The SMILES string of the molecule is CC(C)C[C@H](NC(=O)[C@H](CO)NC(=O)[C@@H]1CCCN1C(=O)[C@@H](C)NC(=O)c1ccncc1)C(=O)OC(C)OC(=O)CC[C@H](NC(=O)N[C@@H](CCCCNC(=O)[C@H](Cc1ccc2ccccc2c1)NC(=O)C1CCC(CNC(=O)CNCCN(CCN(CCNCC(=O)O)CC(=O)O)CC(=O)O)CC1)C(=O)O)C(=O)O. The van der Waals surface area contributed by atoms with Crippen molar-refractivity contribution in [3.8, 4) is 0 Å². The number of urea groups is 1. The summed E-state index contributed by atoms with van der Waals surface area (Å²) >= 11 is 0. The van der Waals surface area contributed by atoms with E-state index in [1.54, 1.807) is 23.6 Å². The number of carboxylic acid groups (broad SMARTS) is 5. The molecule has 0 spiro atoms. The third kappa shape index (κ3) is 32.9. The summed E-state index contributed by atoms with van der Waals surface area (Å²) in [6.07, 6.45) is 3.03. The topological polar surface area (TPSA) is 539 Å². The number of aromatic nitrogens is 1. The van der Waals surface area contributed by atoms with Crippen molar-refractivity contribution in [1.29, 1.82) is 0 Å². The fraction of sp³-hybridized carbons (Fsp3) is 0.583. The van der Waals surface area contributed by atoms with Gasteiger partial charge >= 0.3 is 47.8 Å². The highest BCUT2D eigenvalue weighted by molar-refractivity contribution is 5.99. The molecule has 600 valence electrons. The average molecular weight is 1530 g/mol. The lowest BCUT2D eigenvalue weighted by Crippen LogP contribution is -2.58. The quantitative estimate of drug-likeness (QED) is 0.0178. The van der Waals surface area contributed by atoms with E-state index in [1.165, 1.54) is 36.4 Å². The third-order valence-electron chi connectivity index (χ3n) is 18.2. The maximum Gasteiger partial charge on any atom is 0.331 e. The number of hydrogen-bond acceptors (Lipinski definition) is 23. The first kappa shape index (κ1) is 89.1. The van der Waals surface area contributed by atoms with Crippen LogP contribution in [0, 0.1) is 17.8 Å². The number of rotatable bonds is 49. The van der Waals surface area contributed by atoms with E-state index in [1.807, 2.05) is 42.5 Å². The Morgan fingerprint density at radius 2 is 1.20 bits per heavy atom. The van der Waals surface area contributed by atoms with Crippen LogP contribution in [0.25, 0.3) is 10.8 Å². The molecule has 1 aliphatic heterocycles. The Morgan fingerprint density at radius 3 is 1.81 bits per heavy atom. The molecule has 1 aliphatic carbocycles. The summed E-state index contributed by atoms with van der Waals surface area (Å²) in [4.78, 5) is 200. The summed E-state index contributed by atoms with van der Waals surface area (Å²) in [6.45, 7) is 5.93. The van der Waals surface area contributed by atoms with Gasteiger partial charge in [-0.25, -0.2) is 19.2 Å². The lowest BCUT2D eigenvalue weighted by Gasteiger charge is -2.29. The number of likely N-dealkylation sites (tertiary alicyclic amines) is 1. The van der Waals surface area contributed by atoms with Crippen molar-refractivity contribution in [3.05, 3.63) is 78.1 Å². The van der Waals surface area contributed by atoms with Crippen LogP contribution in [0.1, 0.15) is 121 Å². The number of esters is 2. The fourth-order valence-electron chi connectivity index (χ4n) is 12.4. The van der Waals surface area contributed by atoms with E-state index >= 15 is 0 Å². The summed E-state index contributed by atoms with van der Waals surface area (Å²) in [7, 11) is 0. The van der Waals surface area contributed by atoms with Crippen LogP contribution in [-0.4, -0.2) is 280 Å². The second-order valence-corrected chi connectivity index (χ2v) is 27.3. The number of unbranched alkanes of at least 4 members (excludes halogenated alkanes) is 1. The van der Waals surface area contributed by atoms with Gasteiger partial charge in [-0.3, -0.25) is 67.5 Å². The second-order valence-electron chi connectivity index (χ2n) is 27.3. The van der Waals surface area contributed by atoms with Crippen LogP contribution in [-0.2, 0) is 78.2 Å². The summed E-state index contributed by atoms with van der Waals surface area (Å²) in [5.74, 6) is -13.1. The number of hydrogen-bond donors (Lipinski definition) is 16. The first-order valence-electron chi connectivity index (χ1n) is 36.4. The predicted molar refractivity (Wildman–Crippen MR) is 388 cm³/mol. The molecule has 9 amide bonds. The molecule has 109 heavy (non-hydrogen) atoms. The van der Waals surface area contributed by atoms with Gasteiger partial charge in [0.05, 0.1) is 32.8 Å². The van der Waals surface area contributed by atoms with Gasteiger partial charge in [0.1, 0.15) is 42.3 Å². The van der Waals surface area contributed by atoms with Crippen molar-refractivity contribution >= 4 is 99.9 Å². The normalized spacial score (nSPS) is 16.7. The molecule has 2 aromatic carbocycles. The summed E-state index contributed by atoms with van der Waals surface area (Å²) < 4.78 is 10.5. The Balaban J connectivity index is 1.03. The van der Waals surface area contributed by atoms with Crippen molar-refractivity contribution in [2.24, 2.45) is 17.8 Å². The second kappa shape index (κ2) is 46.7. The number of fused-ring (bicyclic) bond motifs is 1. The standard InChI is InChI=1S/C72H104N14O23/c1-43(2)34-55(80-66(99)56(42-87)81-67(100)57-13-9-29-86(57)68(101)44(3)78-63(96)50-22-25-73-26-23-50)71(106)109-45(4)108-62(95)21-20-53(70(104)105)83-72(107)82-52(69(102)103)12-7-8-24-76-65(98)54(36-47-16-17-48-10-5-6-11-51(48)35-47)79-64(97)49-18-14-46(15-19-49)37-77-58(88)38-74-27-30-84(40-60(91)92)32-33-85(41-61(93)94)31-28-75-39-59(89)90/h5-6,10-11,16-17,22-23,25-26,35,43-46,49,52-57,74-75,87H,7-9,12-15,18-21,24,27-34,36-42H2,1-4H3,(H,76,98)(H,77,88)(H,78,96)(H,79,97)(H,80,99)(H,81,100)(H,89,90)(H,91,92)(H,93,94)(H,102,103)(H,104,105)(H2,82,83,107)/t44-,45?,46?,49?,52+,53+,54+,55+,56+,57+/m1/s1. The number of amides is 9. The third-order valence-corrected chi connectivity index (χ3v) is 18.2. The highest BCUT2D eigenvalue weighted by Gasteiger charge is 2.39. The van der Waals surface area contributed by atoms with Crippen molar-refractivity contribution in [2.45, 2.75) is 160 Å². The van der Waals surface area contributed by atoms with Crippen molar-refractivity contribution in [2.75, 3.05) is 91.7 Å². The van der Waals surface area contributed by atoms with E-state index in [4.69, 9.17) is 14.6 Å². The van der Waals surface area contributed by atoms with Gasteiger partial charge in [0.2, 0.25) is 41.7 Å². The predicted octanol–water partition coefficient (Wildman–Crippen LogP) is -1.26. The first-order chi connectivity index (χ1) is 51.9. The van der Waals surface area contributed by atoms with Gasteiger partial charge < -0.3 is 98.2 Å². The van der Waals surface area contributed by atoms with Crippen LogP contribution >= 0.6 is 0 Å². The van der Waals surface area contributed by atoms with Gasteiger partial charge in [0.25, 0.3) is 5.91 Å². The number of aliphatic hydroxyl groups is 1. The average Bonchev–Trinajstić information content (AvgIpc) is 1.81. The van der Waals surface area contributed by atoms with Crippen LogP contribution < -0.4 is 53.2 Å². The first-order valence-corrected chi connectivity index (χ1v) is 36.4. The number of aliphatic hydroxyl groups excluding tert-OH is 1. The van der Waals surface area contributed by atoms with Crippen molar-refractivity contribution < 1.29 is 112 Å². The zero-order valence-electron chi connectivity index (χ0n) is 61.7. The van der Waals surface area contributed by atoms with Gasteiger partial charge in [-0.1, -0.05) is 56.3 Å². The van der Waals surface area contributed by atoms with E-state index in [0.717, 1.165) is 23.3 Å². The molecule has 8 atom stereocenters. The molecule has 1 aromatic heterocycles. The number of aliphatic carboxylic acids is 5. The van der Waals surface area contributed by atoms with E-state index in [0.29, 0.717) is 38.6 Å². The number of ether oxygens (including phenoxy) is 2. The monoisotopic (exact) mass is 1530 g/mol. The molecule has 5 rings (SSSR count). The fourth-order valence-corrected chi connectivity index (χ4v) is 12.4. The minimum Gasteiger partial charge on any atom is -0.480 e. The molecule has 1 saturated heterocycles. The van der Waals surface area contributed by atoms with Crippen LogP contribution in [0.15, 0.2) is 67.0 Å². The van der Waals surface area contributed by atoms with E-state index in [-0.39, 0.29) is 146 Å². The number of carboxylic acids is 5. The molecular weight excluding hydrogens is 1430 g/mol. The highest BCUT2D eigenvalue weighted by Crippen LogP contribution is 2.29. The zero-order chi connectivity index (χ0) is 80.1. The molecule has 1 unspecified atom stereocenters. The number of nitrogens with one attached hydrogen (secondary N) is 10. The van der Waals surface area contributed by atoms with Gasteiger partial charge in [0.15, 0.2) is 0 Å². The van der Waals surface area contributed by atoms with Gasteiger partial charge in [-0.05, 0) is 118 Å². The van der Waals surface area contributed by atoms with Gasteiger partial charge in [-0.2, -0.15) is 0 Å². The molecule has 2 heterocycles. The molecule has 3 aromatic rings. The lowest BCUT2D eigenvalue weighted by molar-refractivity contribution is -0.187. The molecule has 2 fully saturated rings. The number of carbonyl (C=O) groups excluding carboxylic acids is 10. The van der Waals surface area contributed by atoms with E-state index < -0.39 is 151 Å². The number of pyridine rings is 1. The smallest absolute Gasteiger partial charge is 0.331 e. The number of benzene rings is 2. The van der Waals surface area contributed by atoms with E-state index in [2.05, 4.69) is 58.2 Å². The minimum absolute atomic E-state index is 0.0307. The molecule has 2 aliphatic rings. The number of nitrogens with zero attached hydrogens (tertiary/aromatic N) is 4. The van der Waals surface area contributed by atoms with Crippen LogP contribution in [0.3, 0.4) is 0 Å². The molecule has 37 nitrogen and oxygen atoms in total. The Bertz CT molecular complexity index is 3580. The molecule has 16 N–H and O–H groups in total. The highest BCUT2D eigenvalue weighted by atomic mass is 16.7. The largest absolute Gasteiger partial charge is 0.480 e. The van der Waals surface area contributed by atoms with Gasteiger partial charge in [0, 0.05) is 103 Å². The Labute approximate surface area is 629 Å². The van der Waals surface area contributed by atoms with Crippen molar-refractivity contribution in [1.82, 2.24) is 72.9 Å². The van der Waals surface area contributed by atoms with Crippen LogP contribution in [0.5, 0.6) is 0 Å². The molecular formula is C72H104N14O23. The van der Waals surface area contributed by atoms with Crippen molar-refractivity contribution in [3.63, 3.8) is 0 Å². The molecule has 1 saturated carbocycles. The Morgan fingerprint density at radius 1 is 0.587 bits per heavy atom. The minimum atomic E-state index is -1.76. The molecule has 0 radical (unpaired) electrons. The molecule has 37 heteroatoms. The lowest BCUT2D eigenvalue weighted by atomic mass is 9.81.